The Morgan fingerprint density at radius 1 is 1.24 bits per heavy atom. The van der Waals surface area contributed by atoms with E-state index in [1.54, 1.807) is 50.6 Å². The van der Waals surface area contributed by atoms with Crippen LogP contribution in [0.4, 0.5) is 5.69 Å². The molecule has 0 unspecified atom stereocenters. The summed E-state index contributed by atoms with van der Waals surface area (Å²) in [5.41, 5.74) is 2.72. The lowest BCUT2D eigenvalue weighted by Crippen LogP contribution is -2.26. The van der Waals surface area contributed by atoms with Gasteiger partial charge in [-0.1, -0.05) is 12.1 Å². The summed E-state index contributed by atoms with van der Waals surface area (Å²) in [7, 11) is 3.27. The predicted molar refractivity (Wildman–Crippen MR) is 81.6 cm³/mol. The summed E-state index contributed by atoms with van der Waals surface area (Å²) in [6, 6.07) is 14.4. The lowest BCUT2D eigenvalue weighted by atomic mass is 10.1. The Kier molecular flexibility index (Phi) is 4.24. The van der Waals surface area contributed by atoms with Gasteiger partial charge in [0.05, 0.1) is 18.7 Å². The van der Waals surface area contributed by atoms with Crippen LogP contribution in [0.1, 0.15) is 21.5 Å². The summed E-state index contributed by atoms with van der Waals surface area (Å²) in [6.45, 7) is 1.92. The Morgan fingerprint density at radius 2 is 2.00 bits per heavy atom. The van der Waals surface area contributed by atoms with E-state index >= 15 is 0 Å². The summed E-state index contributed by atoms with van der Waals surface area (Å²) in [5, 5.41) is 8.93. The fourth-order valence-electron chi connectivity index (χ4n) is 2.05. The van der Waals surface area contributed by atoms with Gasteiger partial charge in [0.2, 0.25) is 0 Å². The molecule has 0 fully saturated rings. The number of nitrogens with zero attached hydrogens (tertiary/aromatic N) is 2. The topological polar surface area (TPSA) is 53.3 Å². The van der Waals surface area contributed by atoms with Crippen LogP contribution in [0, 0.1) is 18.3 Å². The van der Waals surface area contributed by atoms with Crippen LogP contribution >= 0.6 is 0 Å². The van der Waals surface area contributed by atoms with Crippen molar-refractivity contribution in [3.8, 4) is 11.8 Å². The number of aryl methyl sites for hydroxylation is 1. The monoisotopic (exact) mass is 280 g/mol. The van der Waals surface area contributed by atoms with Crippen molar-refractivity contribution < 1.29 is 9.53 Å². The number of nitriles is 1. The van der Waals surface area contributed by atoms with Gasteiger partial charge >= 0.3 is 0 Å². The number of carbonyl (C=O) groups is 1. The third kappa shape index (κ3) is 3.03. The third-order valence-electron chi connectivity index (χ3n) is 3.32. The van der Waals surface area contributed by atoms with Crippen LogP contribution in [-0.2, 0) is 0 Å². The smallest absolute Gasteiger partial charge is 0.258 e. The van der Waals surface area contributed by atoms with E-state index in [-0.39, 0.29) is 5.91 Å². The van der Waals surface area contributed by atoms with E-state index in [4.69, 9.17) is 10.00 Å². The molecule has 1 amide bonds. The first-order valence-corrected chi connectivity index (χ1v) is 6.49. The van der Waals surface area contributed by atoms with Gasteiger partial charge in [-0.2, -0.15) is 5.26 Å². The predicted octanol–water partition coefficient (Wildman–Crippen LogP) is 3.15. The van der Waals surface area contributed by atoms with Crippen molar-refractivity contribution in [3.05, 3.63) is 59.2 Å². The van der Waals surface area contributed by atoms with Gasteiger partial charge in [-0.15, -0.1) is 0 Å². The molecule has 0 aliphatic rings. The van der Waals surface area contributed by atoms with Gasteiger partial charge in [-0.25, -0.2) is 0 Å². The van der Waals surface area contributed by atoms with Gasteiger partial charge in [0.15, 0.2) is 0 Å². The van der Waals surface area contributed by atoms with Crippen molar-refractivity contribution in [3.63, 3.8) is 0 Å². The molecular weight excluding hydrogens is 264 g/mol. The quantitative estimate of drug-likeness (QED) is 0.867. The Balaban J connectivity index is 2.33. The second-order valence-electron chi connectivity index (χ2n) is 4.71. The fraction of sp³-hybridized carbons (Fsp3) is 0.176. The second-order valence-corrected chi connectivity index (χ2v) is 4.71. The van der Waals surface area contributed by atoms with Crippen LogP contribution in [0.5, 0.6) is 5.75 Å². The number of hydrogen-bond acceptors (Lipinski definition) is 3. The molecule has 0 N–H and O–H groups in total. The lowest BCUT2D eigenvalue weighted by Gasteiger charge is -2.18. The zero-order valence-electron chi connectivity index (χ0n) is 12.3. The molecule has 0 aliphatic heterocycles. The van der Waals surface area contributed by atoms with Crippen molar-refractivity contribution in [1.29, 1.82) is 5.26 Å². The molecule has 0 atom stereocenters. The molecule has 2 rings (SSSR count). The maximum absolute atomic E-state index is 12.5. The summed E-state index contributed by atoms with van der Waals surface area (Å²) >= 11 is 0. The summed E-state index contributed by atoms with van der Waals surface area (Å²) < 4.78 is 5.24. The zero-order chi connectivity index (χ0) is 15.4. The maximum atomic E-state index is 12.5. The number of carbonyl (C=O) groups excluding carboxylic acids is 1. The van der Waals surface area contributed by atoms with Crippen LogP contribution in [-0.4, -0.2) is 20.1 Å². The Bertz CT molecular complexity index is 717. The van der Waals surface area contributed by atoms with E-state index in [1.165, 1.54) is 4.90 Å². The summed E-state index contributed by atoms with van der Waals surface area (Å²) in [4.78, 5) is 14.0. The first-order valence-electron chi connectivity index (χ1n) is 6.49. The SMILES string of the molecule is COc1cc(C(=O)N(C)c2cccc(C#N)c2)ccc1C. The van der Waals surface area contributed by atoms with E-state index in [1.807, 2.05) is 13.0 Å². The summed E-state index contributed by atoms with van der Waals surface area (Å²) in [5.74, 6) is 0.531. The number of methoxy groups -OCH3 is 1. The average molecular weight is 280 g/mol. The van der Waals surface area contributed by atoms with Gasteiger partial charge < -0.3 is 9.64 Å². The highest BCUT2D eigenvalue weighted by Gasteiger charge is 2.15. The molecule has 2 aromatic carbocycles. The number of rotatable bonds is 3. The van der Waals surface area contributed by atoms with E-state index in [0.717, 1.165) is 5.56 Å². The van der Waals surface area contributed by atoms with Crippen LogP contribution < -0.4 is 9.64 Å². The van der Waals surface area contributed by atoms with Crippen LogP contribution in [0.15, 0.2) is 42.5 Å². The van der Waals surface area contributed by atoms with Crippen molar-refractivity contribution in [2.24, 2.45) is 0 Å². The molecular formula is C17H16N2O2. The minimum atomic E-state index is -0.150. The Hall–Kier alpha value is -2.80. The van der Waals surface area contributed by atoms with Gasteiger partial charge in [0.1, 0.15) is 5.75 Å². The molecule has 0 saturated heterocycles. The normalized spacial score (nSPS) is 9.81. The zero-order valence-corrected chi connectivity index (χ0v) is 12.3. The van der Waals surface area contributed by atoms with Crippen molar-refractivity contribution in [2.75, 3.05) is 19.1 Å². The Labute approximate surface area is 124 Å². The molecule has 4 heteroatoms. The molecule has 0 heterocycles. The number of anilines is 1. The first-order chi connectivity index (χ1) is 10.1. The standard InChI is InChI=1S/C17H16N2O2/c1-12-7-8-14(10-16(12)21-3)17(20)19(2)15-6-4-5-13(9-15)11-18/h4-10H,1-3H3. The maximum Gasteiger partial charge on any atom is 0.258 e. The molecule has 0 spiro atoms. The molecule has 2 aromatic rings. The van der Waals surface area contributed by atoms with Crippen molar-refractivity contribution in [2.45, 2.75) is 6.92 Å². The number of ether oxygens (including phenoxy) is 1. The highest BCUT2D eigenvalue weighted by Crippen LogP contribution is 2.22. The second kappa shape index (κ2) is 6.10. The van der Waals surface area contributed by atoms with E-state index in [0.29, 0.717) is 22.6 Å². The number of amides is 1. The summed E-state index contributed by atoms with van der Waals surface area (Å²) in [6.07, 6.45) is 0. The lowest BCUT2D eigenvalue weighted by molar-refractivity contribution is 0.0992. The van der Waals surface area contributed by atoms with Gasteiger partial charge in [0.25, 0.3) is 5.91 Å². The van der Waals surface area contributed by atoms with Crippen LogP contribution in [0.2, 0.25) is 0 Å². The van der Waals surface area contributed by atoms with Gasteiger partial charge in [-0.3, -0.25) is 4.79 Å². The third-order valence-corrected chi connectivity index (χ3v) is 3.32. The minimum Gasteiger partial charge on any atom is -0.496 e. The molecule has 0 radical (unpaired) electrons. The van der Waals surface area contributed by atoms with E-state index < -0.39 is 0 Å². The minimum absolute atomic E-state index is 0.150. The molecule has 0 saturated carbocycles. The average Bonchev–Trinajstić information content (AvgIpc) is 2.54. The van der Waals surface area contributed by atoms with Gasteiger partial charge in [0, 0.05) is 18.3 Å². The van der Waals surface area contributed by atoms with E-state index in [2.05, 4.69) is 6.07 Å². The molecule has 0 bridgehead atoms. The van der Waals surface area contributed by atoms with Gasteiger partial charge in [-0.05, 0) is 42.8 Å². The molecule has 0 aromatic heterocycles. The first kappa shape index (κ1) is 14.6. The van der Waals surface area contributed by atoms with Crippen LogP contribution in [0.3, 0.4) is 0 Å². The molecule has 4 nitrogen and oxygen atoms in total. The molecule has 21 heavy (non-hydrogen) atoms. The number of benzene rings is 2. The van der Waals surface area contributed by atoms with Crippen LogP contribution in [0.25, 0.3) is 0 Å². The fourth-order valence-corrected chi connectivity index (χ4v) is 2.05. The Morgan fingerprint density at radius 3 is 2.67 bits per heavy atom. The highest BCUT2D eigenvalue weighted by molar-refractivity contribution is 6.06. The number of hydrogen-bond donors (Lipinski definition) is 0. The highest BCUT2D eigenvalue weighted by atomic mass is 16.5. The van der Waals surface area contributed by atoms with Crippen molar-refractivity contribution >= 4 is 11.6 Å². The largest absolute Gasteiger partial charge is 0.496 e. The molecule has 106 valence electrons. The molecule has 0 aliphatic carbocycles. The van der Waals surface area contributed by atoms with Crippen molar-refractivity contribution in [1.82, 2.24) is 0 Å². The van der Waals surface area contributed by atoms with E-state index in [9.17, 15) is 4.79 Å².